The van der Waals surface area contributed by atoms with Crippen molar-refractivity contribution in [1.29, 1.82) is 0 Å². The number of anilines is 1. The van der Waals surface area contributed by atoms with Gasteiger partial charge in [0.05, 0.1) is 4.90 Å². The molecule has 6 heteroatoms. The Morgan fingerprint density at radius 1 is 1.22 bits per heavy atom. The molecule has 0 radical (unpaired) electrons. The van der Waals surface area contributed by atoms with Crippen LogP contribution in [0.1, 0.15) is 26.7 Å². The minimum atomic E-state index is -3.40. The lowest BCUT2D eigenvalue weighted by atomic mass is 10.1. The molecule has 0 saturated heterocycles. The quantitative estimate of drug-likeness (QED) is 0.400. The minimum Gasteiger partial charge on any atom is -0.324 e. The van der Waals surface area contributed by atoms with E-state index in [1.807, 2.05) is 0 Å². The van der Waals surface area contributed by atoms with Gasteiger partial charge in [-0.3, -0.25) is 5.84 Å². The molecule has 0 aliphatic heterocycles. The van der Waals surface area contributed by atoms with Gasteiger partial charge in [-0.05, 0) is 43.0 Å². The Bertz CT molecular complexity index is 455. The van der Waals surface area contributed by atoms with Crippen LogP contribution in [0.15, 0.2) is 29.2 Å². The number of nitrogens with two attached hydrogens (primary N) is 1. The Hall–Kier alpha value is -1.11. The molecule has 0 heterocycles. The Kier molecular flexibility index (Phi) is 5.58. The highest BCUT2D eigenvalue weighted by Gasteiger charge is 2.12. The van der Waals surface area contributed by atoms with Crippen molar-refractivity contribution >= 4 is 15.7 Å². The number of nitrogens with one attached hydrogen (secondary N) is 2. The third kappa shape index (κ3) is 4.64. The van der Waals surface area contributed by atoms with Gasteiger partial charge in [0.1, 0.15) is 0 Å². The van der Waals surface area contributed by atoms with Crippen molar-refractivity contribution in [3.05, 3.63) is 24.3 Å². The summed E-state index contributed by atoms with van der Waals surface area (Å²) in [5, 5.41) is 0. The molecule has 0 saturated carbocycles. The molecule has 1 aromatic carbocycles. The summed E-state index contributed by atoms with van der Waals surface area (Å²) in [5.41, 5.74) is 3.13. The van der Waals surface area contributed by atoms with E-state index in [0.717, 1.165) is 12.8 Å². The standard InChI is InChI=1S/C12H21N3O2S/c1-10(2)4-3-9-14-18(16,17)12-7-5-11(15-13)6-8-12/h5-8,10,14-15H,3-4,9,13H2,1-2H3. The Balaban J connectivity index is 2.57. The first kappa shape index (κ1) is 14.9. The first-order valence-electron chi connectivity index (χ1n) is 6.02. The molecule has 0 atom stereocenters. The summed E-state index contributed by atoms with van der Waals surface area (Å²) in [7, 11) is -3.40. The van der Waals surface area contributed by atoms with E-state index >= 15 is 0 Å². The summed E-state index contributed by atoms with van der Waals surface area (Å²) in [5.74, 6) is 5.81. The molecule has 0 fully saturated rings. The van der Waals surface area contributed by atoms with Gasteiger partial charge in [0.2, 0.25) is 10.0 Å². The van der Waals surface area contributed by atoms with Gasteiger partial charge in [0.15, 0.2) is 0 Å². The van der Waals surface area contributed by atoms with E-state index in [4.69, 9.17) is 5.84 Å². The van der Waals surface area contributed by atoms with E-state index in [-0.39, 0.29) is 4.90 Å². The van der Waals surface area contributed by atoms with Crippen molar-refractivity contribution < 1.29 is 8.42 Å². The van der Waals surface area contributed by atoms with Crippen LogP contribution in [0.2, 0.25) is 0 Å². The second-order valence-corrected chi connectivity index (χ2v) is 6.37. The van der Waals surface area contributed by atoms with Crippen LogP contribution >= 0.6 is 0 Å². The molecule has 1 rings (SSSR count). The highest BCUT2D eigenvalue weighted by molar-refractivity contribution is 7.89. The molecule has 0 amide bonds. The number of hydrogen-bond donors (Lipinski definition) is 3. The summed E-state index contributed by atoms with van der Waals surface area (Å²) in [6.45, 7) is 4.71. The van der Waals surface area contributed by atoms with Gasteiger partial charge < -0.3 is 5.43 Å². The fourth-order valence-electron chi connectivity index (χ4n) is 1.53. The average molecular weight is 271 g/mol. The second-order valence-electron chi connectivity index (χ2n) is 4.60. The maximum atomic E-state index is 11.9. The van der Waals surface area contributed by atoms with Gasteiger partial charge >= 0.3 is 0 Å². The minimum absolute atomic E-state index is 0.256. The smallest absolute Gasteiger partial charge is 0.240 e. The van der Waals surface area contributed by atoms with Crippen molar-refractivity contribution in [3.63, 3.8) is 0 Å². The molecule has 0 aromatic heterocycles. The number of rotatable bonds is 7. The molecule has 1 aromatic rings. The summed E-state index contributed by atoms with van der Waals surface area (Å²) in [6, 6.07) is 6.31. The van der Waals surface area contributed by atoms with Crippen molar-refractivity contribution in [2.24, 2.45) is 11.8 Å². The average Bonchev–Trinajstić information content (AvgIpc) is 2.34. The number of sulfonamides is 1. The number of benzene rings is 1. The lowest BCUT2D eigenvalue weighted by Crippen LogP contribution is -2.25. The van der Waals surface area contributed by atoms with Crippen molar-refractivity contribution in [2.75, 3.05) is 12.0 Å². The third-order valence-corrected chi connectivity index (χ3v) is 4.06. The number of hydrogen-bond acceptors (Lipinski definition) is 4. The van der Waals surface area contributed by atoms with Crippen LogP contribution in [0.25, 0.3) is 0 Å². The molecule has 5 nitrogen and oxygen atoms in total. The summed E-state index contributed by atoms with van der Waals surface area (Å²) >= 11 is 0. The molecule has 0 spiro atoms. The van der Waals surface area contributed by atoms with Gasteiger partial charge in [-0.2, -0.15) is 0 Å². The first-order chi connectivity index (χ1) is 8.45. The van der Waals surface area contributed by atoms with E-state index in [1.54, 1.807) is 12.1 Å². The Labute approximate surface area is 109 Å². The summed E-state index contributed by atoms with van der Waals surface area (Å²) in [4.78, 5) is 0.256. The van der Waals surface area contributed by atoms with Crippen molar-refractivity contribution in [1.82, 2.24) is 4.72 Å². The number of hydrazine groups is 1. The highest BCUT2D eigenvalue weighted by atomic mass is 32.2. The van der Waals surface area contributed by atoms with E-state index in [2.05, 4.69) is 24.0 Å². The maximum absolute atomic E-state index is 11.9. The first-order valence-corrected chi connectivity index (χ1v) is 7.50. The van der Waals surface area contributed by atoms with Gasteiger partial charge in [0.25, 0.3) is 0 Å². The van der Waals surface area contributed by atoms with E-state index in [0.29, 0.717) is 18.2 Å². The second kappa shape index (κ2) is 6.72. The third-order valence-electron chi connectivity index (χ3n) is 2.58. The molecule has 0 aliphatic carbocycles. The normalized spacial score (nSPS) is 11.8. The van der Waals surface area contributed by atoms with Crippen LogP contribution in [-0.4, -0.2) is 15.0 Å². The largest absolute Gasteiger partial charge is 0.324 e. The van der Waals surface area contributed by atoms with Crippen LogP contribution in [0.3, 0.4) is 0 Å². The van der Waals surface area contributed by atoms with Crippen LogP contribution in [0.5, 0.6) is 0 Å². The van der Waals surface area contributed by atoms with Crippen molar-refractivity contribution in [2.45, 2.75) is 31.6 Å². The molecule has 4 N–H and O–H groups in total. The zero-order valence-corrected chi connectivity index (χ0v) is 11.6. The molecule has 0 aliphatic rings. The van der Waals surface area contributed by atoms with Gasteiger partial charge in [-0.1, -0.05) is 13.8 Å². The van der Waals surface area contributed by atoms with Crippen molar-refractivity contribution in [3.8, 4) is 0 Å². The summed E-state index contributed by atoms with van der Waals surface area (Å²) in [6.07, 6.45) is 1.86. The lowest BCUT2D eigenvalue weighted by molar-refractivity contribution is 0.540. The molecule has 18 heavy (non-hydrogen) atoms. The molecular weight excluding hydrogens is 250 g/mol. The maximum Gasteiger partial charge on any atom is 0.240 e. The Morgan fingerprint density at radius 2 is 1.83 bits per heavy atom. The van der Waals surface area contributed by atoms with Gasteiger partial charge in [0, 0.05) is 12.2 Å². The monoisotopic (exact) mass is 271 g/mol. The molecule has 0 unspecified atom stereocenters. The molecular formula is C12H21N3O2S. The predicted molar refractivity (Wildman–Crippen MR) is 73.5 cm³/mol. The zero-order chi connectivity index (χ0) is 13.6. The fourth-order valence-corrected chi connectivity index (χ4v) is 2.60. The molecule has 102 valence electrons. The highest BCUT2D eigenvalue weighted by Crippen LogP contribution is 2.13. The van der Waals surface area contributed by atoms with Gasteiger partial charge in [-0.15, -0.1) is 0 Å². The fraction of sp³-hybridized carbons (Fsp3) is 0.500. The van der Waals surface area contributed by atoms with E-state index in [9.17, 15) is 8.42 Å². The Morgan fingerprint density at radius 3 is 2.33 bits per heavy atom. The molecule has 0 bridgehead atoms. The van der Waals surface area contributed by atoms with E-state index in [1.165, 1.54) is 12.1 Å². The predicted octanol–water partition coefficient (Wildman–Crippen LogP) is 1.69. The SMILES string of the molecule is CC(C)CCCNS(=O)(=O)c1ccc(NN)cc1. The topological polar surface area (TPSA) is 84.2 Å². The van der Waals surface area contributed by atoms with Crippen LogP contribution in [0.4, 0.5) is 5.69 Å². The number of nitrogen functional groups attached to an aromatic ring is 1. The lowest BCUT2D eigenvalue weighted by Gasteiger charge is -2.08. The zero-order valence-electron chi connectivity index (χ0n) is 10.8. The summed E-state index contributed by atoms with van der Waals surface area (Å²) < 4.78 is 26.4. The van der Waals surface area contributed by atoms with Gasteiger partial charge in [-0.25, -0.2) is 13.1 Å². The van der Waals surface area contributed by atoms with E-state index < -0.39 is 10.0 Å². The van der Waals surface area contributed by atoms with Crippen LogP contribution in [0, 0.1) is 5.92 Å². The van der Waals surface area contributed by atoms with Crippen LogP contribution < -0.4 is 16.0 Å². The van der Waals surface area contributed by atoms with Crippen LogP contribution in [-0.2, 0) is 10.0 Å².